The number of benzene rings is 2. The molecule has 2 rings (SSSR count). The Bertz CT molecular complexity index is 536. The van der Waals surface area contributed by atoms with Crippen molar-refractivity contribution in [2.75, 3.05) is 0 Å². The summed E-state index contributed by atoms with van der Waals surface area (Å²) in [6.45, 7) is 0. The van der Waals surface area contributed by atoms with E-state index in [4.69, 9.17) is 5.73 Å². The van der Waals surface area contributed by atoms with E-state index in [0.29, 0.717) is 6.42 Å². The molecule has 0 radical (unpaired) electrons. The number of carbonyl (C=O) groups excluding carboxylic acids is 1. The number of rotatable bonds is 4. The topological polar surface area (TPSA) is 63.3 Å². The minimum atomic E-state index is -0.700. The summed E-state index contributed by atoms with van der Waals surface area (Å²) in [6.07, 6.45) is -0.241. The van der Waals surface area contributed by atoms with Crippen molar-refractivity contribution in [1.29, 1.82) is 0 Å². The average molecular weight is 229 g/mol. The van der Waals surface area contributed by atoms with Gasteiger partial charge in [-0.05, 0) is 22.8 Å². The van der Waals surface area contributed by atoms with Crippen LogP contribution in [0.4, 0.5) is 0 Å². The molecule has 0 saturated heterocycles. The molecule has 3 heteroatoms. The second-order valence-electron chi connectivity index (χ2n) is 4.21. The molecule has 88 valence electrons. The lowest BCUT2D eigenvalue weighted by molar-refractivity contribution is -0.119. The maximum atomic E-state index is 10.7. The normalized spacial score (nSPS) is 12.5. The van der Waals surface area contributed by atoms with Gasteiger partial charge < -0.3 is 10.8 Å². The van der Waals surface area contributed by atoms with Gasteiger partial charge in [-0.2, -0.15) is 0 Å². The molecule has 0 unspecified atom stereocenters. The summed E-state index contributed by atoms with van der Waals surface area (Å²) < 4.78 is 0. The standard InChI is InChI=1S/C14H15NO2/c15-14(17)9-13(16)8-10-5-6-11-3-1-2-4-12(11)7-10/h1-7,13,16H,8-9H2,(H2,15,17)/t13-/m0/s1. The van der Waals surface area contributed by atoms with Gasteiger partial charge in [0.15, 0.2) is 0 Å². The monoisotopic (exact) mass is 229 g/mol. The summed E-state index contributed by atoms with van der Waals surface area (Å²) >= 11 is 0. The number of aliphatic hydroxyl groups excluding tert-OH is 1. The van der Waals surface area contributed by atoms with Crippen LogP contribution in [0.5, 0.6) is 0 Å². The first-order valence-corrected chi connectivity index (χ1v) is 5.59. The van der Waals surface area contributed by atoms with E-state index in [2.05, 4.69) is 0 Å². The zero-order valence-electron chi connectivity index (χ0n) is 9.47. The fourth-order valence-electron chi connectivity index (χ4n) is 1.94. The number of fused-ring (bicyclic) bond motifs is 1. The lowest BCUT2D eigenvalue weighted by Crippen LogP contribution is -2.21. The van der Waals surface area contributed by atoms with Crippen molar-refractivity contribution >= 4 is 16.7 Å². The van der Waals surface area contributed by atoms with E-state index in [1.807, 2.05) is 42.5 Å². The third-order valence-electron chi connectivity index (χ3n) is 2.72. The number of amides is 1. The lowest BCUT2D eigenvalue weighted by atomic mass is 10.0. The molecule has 3 N–H and O–H groups in total. The van der Waals surface area contributed by atoms with Crippen molar-refractivity contribution in [2.24, 2.45) is 5.73 Å². The van der Waals surface area contributed by atoms with Crippen LogP contribution in [0.3, 0.4) is 0 Å². The highest BCUT2D eigenvalue weighted by atomic mass is 16.3. The third kappa shape index (κ3) is 3.04. The van der Waals surface area contributed by atoms with Gasteiger partial charge in [0.1, 0.15) is 0 Å². The van der Waals surface area contributed by atoms with Crippen molar-refractivity contribution in [3.8, 4) is 0 Å². The first-order chi connectivity index (χ1) is 8.15. The molecular formula is C14H15NO2. The molecule has 1 amide bonds. The summed E-state index contributed by atoms with van der Waals surface area (Å²) in [6, 6.07) is 14.0. The van der Waals surface area contributed by atoms with Gasteiger partial charge in [0.05, 0.1) is 12.5 Å². The van der Waals surface area contributed by atoms with Crippen LogP contribution in [0, 0.1) is 0 Å². The largest absolute Gasteiger partial charge is 0.392 e. The van der Waals surface area contributed by atoms with Crippen LogP contribution in [0.25, 0.3) is 10.8 Å². The Morgan fingerprint density at radius 1 is 1.18 bits per heavy atom. The number of carbonyl (C=O) groups is 1. The fraction of sp³-hybridized carbons (Fsp3) is 0.214. The quantitative estimate of drug-likeness (QED) is 0.836. The highest BCUT2D eigenvalue weighted by Crippen LogP contribution is 2.17. The Morgan fingerprint density at radius 3 is 2.59 bits per heavy atom. The molecule has 0 aliphatic rings. The van der Waals surface area contributed by atoms with Crippen LogP contribution in [-0.4, -0.2) is 17.1 Å². The van der Waals surface area contributed by atoms with Gasteiger partial charge in [-0.25, -0.2) is 0 Å². The van der Waals surface area contributed by atoms with Gasteiger partial charge in [-0.3, -0.25) is 4.79 Å². The van der Waals surface area contributed by atoms with Crippen molar-refractivity contribution in [2.45, 2.75) is 18.9 Å². The smallest absolute Gasteiger partial charge is 0.220 e. The molecule has 0 spiro atoms. The van der Waals surface area contributed by atoms with E-state index in [9.17, 15) is 9.90 Å². The Balaban J connectivity index is 2.16. The number of hydrogen-bond acceptors (Lipinski definition) is 2. The molecule has 17 heavy (non-hydrogen) atoms. The molecule has 0 fully saturated rings. The minimum absolute atomic E-state index is 0.00677. The number of nitrogens with two attached hydrogens (primary N) is 1. The van der Waals surface area contributed by atoms with Crippen LogP contribution in [-0.2, 0) is 11.2 Å². The summed E-state index contributed by atoms with van der Waals surface area (Å²) in [5.74, 6) is -0.474. The second kappa shape index (κ2) is 4.97. The maximum absolute atomic E-state index is 10.7. The third-order valence-corrected chi connectivity index (χ3v) is 2.72. The van der Waals surface area contributed by atoms with Gasteiger partial charge in [0.25, 0.3) is 0 Å². The molecule has 1 atom stereocenters. The predicted molar refractivity (Wildman–Crippen MR) is 67.5 cm³/mol. The number of primary amides is 1. The zero-order valence-corrected chi connectivity index (χ0v) is 9.47. The van der Waals surface area contributed by atoms with Gasteiger partial charge in [0.2, 0.25) is 5.91 Å². The van der Waals surface area contributed by atoms with Crippen LogP contribution in [0.15, 0.2) is 42.5 Å². The second-order valence-corrected chi connectivity index (χ2v) is 4.21. The van der Waals surface area contributed by atoms with E-state index in [1.165, 1.54) is 5.39 Å². The summed E-state index contributed by atoms with van der Waals surface area (Å²) in [5.41, 5.74) is 6.05. The molecule has 0 saturated carbocycles. The van der Waals surface area contributed by atoms with Crippen LogP contribution in [0.2, 0.25) is 0 Å². The first-order valence-electron chi connectivity index (χ1n) is 5.59. The molecule has 0 aromatic heterocycles. The molecule has 0 aliphatic carbocycles. The van der Waals surface area contributed by atoms with E-state index in [1.54, 1.807) is 0 Å². The molecular weight excluding hydrogens is 214 g/mol. The van der Waals surface area contributed by atoms with Crippen molar-refractivity contribution in [3.63, 3.8) is 0 Å². The van der Waals surface area contributed by atoms with Gasteiger partial charge in [-0.15, -0.1) is 0 Å². The van der Waals surface area contributed by atoms with Crippen molar-refractivity contribution in [1.82, 2.24) is 0 Å². The Morgan fingerprint density at radius 2 is 1.88 bits per heavy atom. The zero-order chi connectivity index (χ0) is 12.3. The molecule has 3 nitrogen and oxygen atoms in total. The Labute approximate surface area is 99.9 Å². The van der Waals surface area contributed by atoms with E-state index in [-0.39, 0.29) is 6.42 Å². The SMILES string of the molecule is NC(=O)C[C@@H](O)Cc1ccc2ccccc2c1. The number of aliphatic hydroxyl groups is 1. The van der Waals surface area contributed by atoms with Gasteiger partial charge in [0, 0.05) is 0 Å². The highest BCUT2D eigenvalue weighted by molar-refractivity contribution is 5.83. The number of hydrogen-bond donors (Lipinski definition) is 2. The van der Waals surface area contributed by atoms with Crippen LogP contribution < -0.4 is 5.73 Å². The van der Waals surface area contributed by atoms with Crippen LogP contribution >= 0.6 is 0 Å². The average Bonchev–Trinajstić information content (AvgIpc) is 2.27. The minimum Gasteiger partial charge on any atom is -0.392 e. The Kier molecular flexibility index (Phi) is 3.40. The van der Waals surface area contributed by atoms with E-state index < -0.39 is 12.0 Å². The summed E-state index contributed by atoms with van der Waals surface area (Å²) in [5, 5.41) is 11.9. The first kappa shape index (κ1) is 11.6. The van der Waals surface area contributed by atoms with E-state index >= 15 is 0 Å². The highest BCUT2D eigenvalue weighted by Gasteiger charge is 2.09. The molecule has 0 heterocycles. The summed E-state index contributed by atoms with van der Waals surface area (Å²) in [7, 11) is 0. The van der Waals surface area contributed by atoms with Gasteiger partial charge in [-0.1, -0.05) is 42.5 Å². The van der Waals surface area contributed by atoms with Crippen molar-refractivity contribution < 1.29 is 9.90 Å². The Hall–Kier alpha value is -1.87. The predicted octanol–water partition coefficient (Wildman–Crippen LogP) is 1.62. The molecule has 2 aromatic rings. The lowest BCUT2D eigenvalue weighted by Gasteiger charge is -2.09. The van der Waals surface area contributed by atoms with Crippen LogP contribution in [0.1, 0.15) is 12.0 Å². The van der Waals surface area contributed by atoms with E-state index in [0.717, 1.165) is 10.9 Å². The molecule has 0 aliphatic heterocycles. The molecule has 2 aromatic carbocycles. The fourth-order valence-corrected chi connectivity index (χ4v) is 1.94. The maximum Gasteiger partial charge on any atom is 0.220 e. The molecule has 0 bridgehead atoms. The summed E-state index contributed by atoms with van der Waals surface area (Å²) in [4.78, 5) is 10.7. The van der Waals surface area contributed by atoms with Gasteiger partial charge >= 0.3 is 0 Å². The van der Waals surface area contributed by atoms with Crippen molar-refractivity contribution in [3.05, 3.63) is 48.0 Å².